The van der Waals surface area contributed by atoms with Gasteiger partial charge in [-0.3, -0.25) is 0 Å². The molecule has 0 aliphatic rings. The highest BCUT2D eigenvalue weighted by Gasteiger charge is 2.16. The maximum absolute atomic E-state index is 10.6. The van der Waals surface area contributed by atoms with Crippen molar-refractivity contribution in [3.63, 3.8) is 0 Å². The zero-order valence-electron chi connectivity index (χ0n) is 39.8. The molecule has 59 heavy (non-hydrogen) atoms. The molecule has 0 spiro atoms. The van der Waals surface area contributed by atoms with E-state index in [1.807, 2.05) is 55.5 Å². The molecule has 0 bridgehead atoms. The Morgan fingerprint density at radius 3 is 1.08 bits per heavy atom. The number of phenolic OH excluding ortho intramolecular Hbond substituents is 1. The molecule has 5 aromatic carbocycles. The number of anilines is 1. The maximum atomic E-state index is 10.6. The average Bonchev–Trinajstić information content (AvgIpc) is 3.12. The predicted molar refractivity (Wildman–Crippen MR) is 255 cm³/mol. The van der Waals surface area contributed by atoms with E-state index in [2.05, 4.69) is 165 Å². The summed E-state index contributed by atoms with van der Waals surface area (Å²) in [6.07, 6.45) is 0. The van der Waals surface area contributed by atoms with Crippen molar-refractivity contribution in [3.05, 3.63) is 160 Å². The third kappa shape index (κ3) is 19.5. The molecule has 0 heterocycles. The fraction of sp³-hybridized carbons (Fsp3) is 0.426. The summed E-state index contributed by atoms with van der Waals surface area (Å²) in [5.74, 6) is 0.436. The second-order valence-corrected chi connectivity index (χ2v) is 20.4. The van der Waals surface area contributed by atoms with Crippen molar-refractivity contribution in [2.24, 2.45) is 0 Å². The van der Waals surface area contributed by atoms with E-state index >= 15 is 0 Å². The van der Waals surface area contributed by atoms with Gasteiger partial charge in [0.1, 0.15) is 11.5 Å². The fourth-order valence-electron chi connectivity index (χ4n) is 5.32. The van der Waals surface area contributed by atoms with E-state index in [9.17, 15) is 9.90 Å². The van der Waals surface area contributed by atoms with Crippen LogP contribution in [0.2, 0.25) is 0 Å². The van der Waals surface area contributed by atoms with Gasteiger partial charge in [0, 0.05) is 5.69 Å². The van der Waals surface area contributed by atoms with Gasteiger partial charge in [-0.1, -0.05) is 182 Å². The van der Waals surface area contributed by atoms with Crippen molar-refractivity contribution in [2.75, 3.05) is 12.8 Å². The van der Waals surface area contributed by atoms with Crippen molar-refractivity contribution in [1.82, 2.24) is 0 Å². The number of methoxy groups -OCH3 is 1. The quantitative estimate of drug-likeness (QED) is 0.155. The van der Waals surface area contributed by atoms with Crippen LogP contribution in [-0.4, -0.2) is 23.3 Å². The summed E-state index contributed by atoms with van der Waals surface area (Å²) in [6.45, 7) is 36.6. The average molecular weight is 804 g/mol. The largest absolute Gasteiger partial charge is 0.508 e. The molecule has 0 saturated carbocycles. The molecule has 0 aromatic heterocycles. The highest BCUT2D eigenvalue weighted by Crippen LogP contribution is 2.28. The predicted octanol–water partition coefficient (Wildman–Crippen LogP) is 14.5. The van der Waals surface area contributed by atoms with Crippen LogP contribution in [0.25, 0.3) is 0 Å². The molecular formula is C54H77NO4. The summed E-state index contributed by atoms with van der Waals surface area (Å²) in [4.78, 5) is 10.6. The molecule has 0 aliphatic carbocycles. The second-order valence-electron chi connectivity index (χ2n) is 20.4. The smallest absolute Gasteiger partial charge is 0.335 e. The number of rotatable bonds is 2. The Kier molecular flexibility index (Phi) is 19.2. The number of carboxylic acids is 1. The van der Waals surface area contributed by atoms with Crippen LogP contribution in [0, 0.1) is 13.8 Å². The molecular weight excluding hydrogens is 727 g/mol. The molecule has 0 fully saturated rings. The molecule has 0 radical (unpaired) electrons. The Labute approximate surface area is 359 Å². The van der Waals surface area contributed by atoms with Crippen molar-refractivity contribution in [2.45, 2.75) is 145 Å². The van der Waals surface area contributed by atoms with Gasteiger partial charge in [0.15, 0.2) is 0 Å². The maximum Gasteiger partial charge on any atom is 0.335 e. The van der Waals surface area contributed by atoms with E-state index in [1.54, 1.807) is 19.2 Å². The van der Waals surface area contributed by atoms with Crippen LogP contribution >= 0.6 is 0 Å². The lowest BCUT2D eigenvalue weighted by Crippen LogP contribution is -2.11. The molecule has 4 N–H and O–H groups in total. The van der Waals surface area contributed by atoms with Crippen molar-refractivity contribution >= 4 is 11.7 Å². The highest BCUT2D eigenvalue weighted by atomic mass is 16.5. The first-order valence-electron chi connectivity index (χ1n) is 20.6. The number of hydrogen-bond donors (Lipinski definition) is 3. The Hall–Kier alpha value is -5.03. The SMILES string of the molecule is CC(C)(C)c1ccc(C(=O)O)cc1.CC(C)(C)c1ccc(N)cc1.COc1ccc(C(C)(C)C)cc1.Cc1ccc(C(C)(C)C)cc1.Cc1ccc(C(C)(C)C)cc1O. The monoisotopic (exact) mass is 804 g/mol. The van der Waals surface area contributed by atoms with E-state index in [-0.39, 0.29) is 27.1 Å². The van der Waals surface area contributed by atoms with E-state index in [0.29, 0.717) is 11.3 Å². The molecule has 0 atom stereocenters. The lowest BCUT2D eigenvalue weighted by molar-refractivity contribution is 0.0696. The highest BCUT2D eigenvalue weighted by molar-refractivity contribution is 5.87. The normalized spacial score (nSPS) is 11.5. The van der Waals surface area contributed by atoms with Crippen LogP contribution in [-0.2, 0) is 27.1 Å². The zero-order valence-corrected chi connectivity index (χ0v) is 39.8. The van der Waals surface area contributed by atoms with Gasteiger partial charge in [-0.2, -0.15) is 0 Å². The number of aromatic hydroxyl groups is 1. The summed E-state index contributed by atoms with van der Waals surface area (Å²) in [7, 11) is 1.69. The first-order valence-corrected chi connectivity index (χ1v) is 20.6. The number of nitrogen functional groups attached to an aromatic ring is 1. The van der Waals surface area contributed by atoms with Crippen molar-refractivity contribution in [3.8, 4) is 11.5 Å². The van der Waals surface area contributed by atoms with Crippen LogP contribution in [0.15, 0.2) is 115 Å². The Morgan fingerprint density at radius 2 is 0.780 bits per heavy atom. The Morgan fingerprint density at radius 1 is 0.475 bits per heavy atom. The molecule has 5 heteroatoms. The first-order chi connectivity index (χ1) is 26.9. The minimum atomic E-state index is -0.875. The van der Waals surface area contributed by atoms with E-state index < -0.39 is 5.97 Å². The fourth-order valence-corrected chi connectivity index (χ4v) is 5.32. The number of carboxylic acid groups (broad SMARTS) is 1. The second kappa shape index (κ2) is 21.8. The third-order valence-electron chi connectivity index (χ3n) is 9.72. The van der Waals surface area contributed by atoms with Crippen molar-refractivity contribution < 1.29 is 19.7 Å². The Bertz CT molecular complexity index is 1920. The zero-order chi connectivity index (χ0) is 45.6. The van der Waals surface area contributed by atoms with Crippen molar-refractivity contribution in [1.29, 1.82) is 0 Å². The molecule has 0 saturated heterocycles. The number of aryl methyl sites for hydroxylation is 2. The van der Waals surface area contributed by atoms with Crippen LogP contribution in [0.5, 0.6) is 11.5 Å². The minimum absolute atomic E-state index is 0.0804. The third-order valence-corrected chi connectivity index (χ3v) is 9.72. The number of benzene rings is 5. The van der Waals surface area contributed by atoms with Crippen LogP contribution in [0.3, 0.4) is 0 Å². The van der Waals surface area contributed by atoms with Crippen LogP contribution < -0.4 is 10.5 Å². The Balaban J connectivity index is 0.000000369. The van der Waals surface area contributed by atoms with E-state index in [0.717, 1.165) is 22.6 Å². The van der Waals surface area contributed by atoms with Gasteiger partial charge >= 0.3 is 5.97 Å². The molecule has 0 unspecified atom stereocenters. The van der Waals surface area contributed by atoms with Gasteiger partial charge in [0.25, 0.3) is 0 Å². The summed E-state index contributed by atoms with van der Waals surface area (Å²) in [6, 6.07) is 37.9. The van der Waals surface area contributed by atoms with Gasteiger partial charge < -0.3 is 20.7 Å². The number of ether oxygens (including phenoxy) is 1. The summed E-state index contributed by atoms with van der Waals surface area (Å²) in [5.41, 5.74) is 16.3. The lowest BCUT2D eigenvalue weighted by Gasteiger charge is -2.19. The standard InChI is InChI=1S/C11H14O2.2C11H16O.C11H16.C10H15N/c1-11(2,3)9-6-4-8(5-7-9)10(12)13;1-11(2,3)9-5-7-10(12-4)8-6-9;1-8-5-6-9(7-10(8)12)11(2,3)4;1-9-5-7-10(8-6-9)11(2,3)4;1-10(2,3)8-4-6-9(11)7-5-8/h4-7H,1-3H3,(H,12,13);5-8H,1-4H3;5-7,12H,1-4H3;5-8H,1-4H3;4-7H,11H2,1-3H3. The molecule has 0 aliphatic heterocycles. The van der Waals surface area contributed by atoms with Crippen LogP contribution in [0.1, 0.15) is 153 Å². The number of hydrogen-bond acceptors (Lipinski definition) is 4. The van der Waals surface area contributed by atoms with E-state index in [1.165, 1.54) is 27.8 Å². The summed E-state index contributed by atoms with van der Waals surface area (Å²) < 4.78 is 5.08. The van der Waals surface area contributed by atoms with Gasteiger partial charge in [-0.25, -0.2) is 4.79 Å². The first kappa shape index (κ1) is 52.0. The molecule has 5 rings (SSSR count). The minimum Gasteiger partial charge on any atom is -0.508 e. The van der Waals surface area contributed by atoms with E-state index in [4.69, 9.17) is 15.6 Å². The molecule has 5 nitrogen and oxygen atoms in total. The number of phenols is 1. The number of carbonyl (C=O) groups is 1. The number of nitrogens with two attached hydrogens (primary N) is 1. The van der Waals surface area contributed by atoms with Gasteiger partial charge in [0.2, 0.25) is 0 Å². The molecule has 0 amide bonds. The van der Waals surface area contributed by atoms with Gasteiger partial charge in [0.05, 0.1) is 12.7 Å². The summed E-state index contributed by atoms with van der Waals surface area (Å²) in [5, 5.41) is 18.1. The molecule has 5 aromatic rings. The molecule has 322 valence electrons. The summed E-state index contributed by atoms with van der Waals surface area (Å²) >= 11 is 0. The topological polar surface area (TPSA) is 92.8 Å². The van der Waals surface area contributed by atoms with Gasteiger partial charge in [-0.15, -0.1) is 0 Å². The number of aromatic carboxylic acids is 1. The van der Waals surface area contributed by atoms with Gasteiger partial charge in [-0.05, 0) is 117 Å². The lowest BCUT2D eigenvalue weighted by atomic mass is 9.86. The van der Waals surface area contributed by atoms with Crippen LogP contribution in [0.4, 0.5) is 5.69 Å².